The lowest BCUT2D eigenvalue weighted by molar-refractivity contribution is 0.169. The number of rotatable bonds is 4. The van der Waals surface area contributed by atoms with Crippen molar-refractivity contribution in [1.82, 2.24) is 10.2 Å². The van der Waals surface area contributed by atoms with Gasteiger partial charge in [-0.3, -0.25) is 4.90 Å². The highest BCUT2D eigenvalue weighted by Crippen LogP contribution is 2.24. The van der Waals surface area contributed by atoms with Crippen LogP contribution in [0.15, 0.2) is 18.2 Å². The van der Waals surface area contributed by atoms with Crippen molar-refractivity contribution in [2.75, 3.05) is 14.1 Å². The Morgan fingerprint density at radius 1 is 1.30 bits per heavy atom. The Labute approximate surface area is 122 Å². The summed E-state index contributed by atoms with van der Waals surface area (Å²) in [5.41, 5.74) is 3.31. The standard InChI is InChI=1S/C17H25N3/c1-13-10-14(11-18)4-5-15(13)12-20(3)17-8-6-16(19-2)7-9-17/h4-5,10,16-17,19H,6-9,12H2,1-3H3. The van der Waals surface area contributed by atoms with Gasteiger partial charge in [0.2, 0.25) is 0 Å². The summed E-state index contributed by atoms with van der Waals surface area (Å²) >= 11 is 0. The molecular weight excluding hydrogens is 246 g/mol. The zero-order valence-electron chi connectivity index (χ0n) is 12.8. The number of nitriles is 1. The van der Waals surface area contributed by atoms with Gasteiger partial charge in [0.25, 0.3) is 0 Å². The molecule has 0 aromatic heterocycles. The second-order valence-electron chi connectivity index (χ2n) is 5.96. The second kappa shape index (κ2) is 6.88. The molecule has 0 amide bonds. The summed E-state index contributed by atoms with van der Waals surface area (Å²) in [5, 5.41) is 12.3. The lowest BCUT2D eigenvalue weighted by atomic mass is 9.90. The third-order valence-corrected chi connectivity index (χ3v) is 4.62. The van der Waals surface area contributed by atoms with E-state index in [4.69, 9.17) is 5.26 Å². The van der Waals surface area contributed by atoms with E-state index >= 15 is 0 Å². The predicted octanol–water partition coefficient (Wildman–Crippen LogP) is 2.83. The second-order valence-corrected chi connectivity index (χ2v) is 5.96. The number of nitrogens with one attached hydrogen (secondary N) is 1. The third kappa shape index (κ3) is 3.59. The van der Waals surface area contributed by atoms with Crippen LogP contribution in [0, 0.1) is 18.3 Å². The van der Waals surface area contributed by atoms with Crippen molar-refractivity contribution in [3.8, 4) is 6.07 Å². The summed E-state index contributed by atoms with van der Waals surface area (Å²) in [6, 6.07) is 9.61. The molecule has 0 aliphatic heterocycles. The van der Waals surface area contributed by atoms with Crippen LogP contribution in [0.1, 0.15) is 42.4 Å². The molecule has 1 fully saturated rings. The smallest absolute Gasteiger partial charge is 0.0991 e. The SMILES string of the molecule is CNC1CCC(N(C)Cc2ccc(C#N)cc2C)CC1. The first-order valence-corrected chi connectivity index (χ1v) is 7.51. The van der Waals surface area contributed by atoms with Crippen LogP contribution < -0.4 is 5.32 Å². The Morgan fingerprint density at radius 3 is 2.55 bits per heavy atom. The van der Waals surface area contributed by atoms with Gasteiger partial charge in [-0.1, -0.05) is 6.07 Å². The minimum atomic E-state index is 0.689. The van der Waals surface area contributed by atoms with Crippen molar-refractivity contribution >= 4 is 0 Å². The van der Waals surface area contributed by atoms with Crippen molar-refractivity contribution in [1.29, 1.82) is 5.26 Å². The molecule has 0 atom stereocenters. The zero-order valence-corrected chi connectivity index (χ0v) is 12.8. The molecule has 20 heavy (non-hydrogen) atoms. The van der Waals surface area contributed by atoms with Crippen molar-refractivity contribution in [3.05, 3.63) is 34.9 Å². The molecule has 1 N–H and O–H groups in total. The highest BCUT2D eigenvalue weighted by atomic mass is 15.1. The maximum absolute atomic E-state index is 8.92. The van der Waals surface area contributed by atoms with Crippen LogP contribution in [0.25, 0.3) is 0 Å². The Balaban J connectivity index is 1.95. The molecule has 0 saturated heterocycles. The first kappa shape index (κ1) is 15.0. The molecular formula is C17H25N3. The Morgan fingerprint density at radius 2 is 2.00 bits per heavy atom. The summed E-state index contributed by atoms with van der Waals surface area (Å²) in [6.45, 7) is 3.08. The van der Waals surface area contributed by atoms with Crippen molar-refractivity contribution in [3.63, 3.8) is 0 Å². The molecule has 2 rings (SSSR count). The fourth-order valence-electron chi connectivity index (χ4n) is 3.15. The maximum atomic E-state index is 8.92. The van der Waals surface area contributed by atoms with E-state index in [9.17, 15) is 0 Å². The average Bonchev–Trinajstić information content (AvgIpc) is 2.49. The first-order valence-electron chi connectivity index (χ1n) is 7.51. The predicted molar refractivity (Wildman–Crippen MR) is 82.5 cm³/mol. The highest BCUT2D eigenvalue weighted by Gasteiger charge is 2.23. The van der Waals surface area contributed by atoms with E-state index in [1.54, 1.807) is 0 Å². The van der Waals surface area contributed by atoms with Crippen LogP contribution >= 0.6 is 0 Å². The average molecular weight is 271 g/mol. The van der Waals surface area contributed by atoms with Crippen LogP contribution in [0.3, 0.4) is 0 Å². The molecule has 3 nitrogen and oxygen atoms in total. The third-order valence-electron chi connectivity index (χ3n) is 4.62. The minimum Gasteiger partial charge on any atom is -0.317 e. The van der Waals surface area contributed by atoms with E-state index in [1.165, 1.54) is 36.8 Å². The molecule has 0 heterocycles. The van der Waals surface area contributed by atoms with Crippen LogP contribution in [-0.4, -0.2) is 31.1 Å². The van der Waals surface area contributed by atoms with Crippen LogP contribution in [-0.2, 0) is 6.54 Å². The molecule has 0 radical (unpaired) electrons. The minimum absolute atomic E-state index is 0.689. The van der Waals surface area contributed by atoms with Crippen molar-refractivity contribution in [2.45, 2.75) is 51.2 Å². The number of hydrogen-bond donors (Lipinski definition) is 1. The van der Waals surface area contributed by atoms with Crippen LogP contribution in [0.5, 0.6) is 0 Å². The van der Waals surface area contributed by atoms with Gasteiger partial charge in [0.15, 0.2) is 0 Å². The largest absolute Gasteiger partial charge is 0.317 e. The van der Waals surface area contributed by atoms with E-state index < -0.39 is 0 Å². The molecule has 0 bridgehead atoms. The zero-order chi connectivity index (χ0) is 14.5. The Bertz CT molecular complexity index is 481. The monoisotopic (exact) mass is 271 g/mol. The van der Waals surface area contributed by atoms with Crippen molar-refractivity contribution in [2.24, 2.45) is 0 Å². The molecule has 3 heteroatoms. The maximum Gasteiger partial charge on any atom is 0.0991 e. The molecule has 0 spiro atoms. The van der Waals surface area contributed by atoms with E-state index in [0.717, 1.165) is 12.1 Å². The van der Waals surface area contributed by atoms with Crippen LogP contribution in [0.2, 0.25) is 0 Å². The highest BCUT2D eigenvalue weighted by molar-refractivity contribution is 5.37. The molecule has 108 valence electrons. The van der Waals surface area contributed by atoms with Gasteiger partial charge in [-0.25, -0.2) is 0 Å². The summed E-state index contributed by atoms with van der Waals surface area (Å²) in [7, 11) is 4.29. The van der Waals surface area contributed by atoms with Gasteiger partial charge in [0, 0.05) is 18.6 Å². The quantitative estimate of drug-likeness (QED) is 0.915. The molecule has 1 aromatic rings. The first-order chi connectivity index (χ1) is 9.63. The summed E-state index contributed by atoms with van der Waals surface area (Å²) in [6.07, 6.45) is 5.10. The molecule has 1 aliphatic rings. The van der Waals surface area contributed by atoms with E-state index in [2.05, 4.69) is 43.4 Å². The molecule has 0 unspecified atom stereocenters. The van der Waals surface area contributed by atoms with E-state index in [-0.39, 0.29) is 0 Å². The molecule has 1 aromatic carbocycles. The summed E-state index contributed by atoms with van der Waals surface area (Å²) < 4.78 is 0. The van der Waals surface area contributed by atoms with Crippen LogP contribution in [0.4, 0.5) is 0 Å². The normalized spacial score (nSPS) is 22.8. The van der Waals surface area contributed by atoms with Gasteiger partial charge in [-0.05, 0) is 70.0 Å². The molecule has 1 aliphatic carbocycles. The number of aryl methyl sites for hydroxylation is 1. The van der Waals surface area contributed by atoms with Gasteiger partial charge in [0.05, 0.1) is 11.6 Å². The van der Waals surface area contributed by atoms with Gasteiger partial charge >= 0.3 is 0 Å². The topological polar surface area (TPSA) is 39.1 Å². The van der Waals surface area contributed by atoms with Crippen molar-refractivity contribution < 1.29 is 0 Å². The number of benzene rings is 1. The van der Waals surface area contributed by atoms with E-state index in [1.807, 2.05) is 12.1 Å². The fraction of sp³-hybridized carbons (Fsp3) is 0.588. The number of nitrogens with zero attached hydrogens (tertiary/aromatic N) is 2. The fourth-order valence-corrected chi connectivity index (χ4v) is 3.15. The van der Waals surface area contributed by atoms with E-state index in [0.29, 0.717) is 12.1 Å². The lowest BCUT2D eigenvalue weighted by Gasteiger charge is -2.34. The summed E-state index contributed by atoms with van der Waals surface area (Å²) in [5.74, 6) is 0. The van der Waals surface area contributed by atoms with Gasteiger partial charge < -0.3 is 5.32 Å². The number of hydrogen-bond acceptors (Lipinski definition) is 3. The lowest BCUT2D eigenvalue weighted by Crippen LogP contribution is -2.39. The summed E-state index contributed by atoms with van der Waals surface area (Å²) in [4.78, 5) is 2.47. The van der Waals surface area contributed by atoms with Gasteiger partial charge in [0.1, 0.15) is 0 Å². The Kier molecular flexibility index (Phi) is 5.17. The van der Waals surface area contributed by atoms with Gasteiger partial charge in [-0.2, -0.15) is 5.26 Å². The molecule has 1 saturated carbocycles. The Hall–Kier alpha value is -1.37. The van der Waals surface area contributed by atoms with Gasteiger partial charge in [-0.15, -0.1) is 0 Å².